The molecule has 3 aliphatic rings. The number of esters is 1. The highest BCUT2D eigenvalue weighted by Crippen LogP contribution is 2.61. The van der Waals surface area contributed by atoms with Crippen LogP contribution in [0.2, 0.25) is 0 Å². The van der Waals surface area contributed by atoms with Crippen LogP contribution in [0.15, 0.2) is 35.3 Å². The van der Waals surface area contributed by atoms with E-state index in [1.807, 2.05) is 29.2 Å². The fourth-order valence-corrected chi connectivity index (χ4v) is 5.74. The Hall–Kier alpha value is -2.41. The third kappa shape index (κ3) is 2.56. The molecule has 0 N–H and O–H groups in total. The summed E-state index contributed by atoms with van der Waals surface area (Å²) in [4.78, 5) is 29.2. The van der Waals surface area contributed by atoms with E-state index in [9.17, 15) is 9.59 Å². The predicted octanol–water partition coefficient (Wildman–Crippen LogP) is 3.05. The highest BCUT2D eigenvalue weighted by molar-refractivity contribution is 8.03. The van der Waals surface area contributed by atoms with Gasteiger partial charge < -0.3 is 19.1 Å². The molecule has 2 heterocycles. The van der Waals surface area contributed by atoms with Crippen molar-refractivity contribution in [3.8, 4) is 11.5 Å². The highest BCUT2D eigenvalue weighted by Gasteiger charge is 2.68. The van der Waals surface area contributed by atoms with Crippen molar-refractivity contribution in [1.82, 2.24) is 4.90 Å². The lowest BCUT2D eigenvalue weighted by molar-refractivity contribution is -0.154. The van der Waals surface area contributed by atoms with Crippen LogP contribution in [-0.4, -0.2) is 50.4 Å². The second kappa shape index (κ2) is 7.13. The Kier molecular flexibility index (Phi) is 4.89. The number of benzene rings is 1. The smallest absolute Gasteiger partial charge is 0.319 e. The first-order chi connectivity index (χ1) is 14.0. The highest BCUT2D eigenvalue weighted by atomic mass is 32.2. The topological polar surface area (TPSA) is 65.1 Å². The van der Waals surface area contributed by atoms with Gasteiger partial charge in [0, 0.05) is 17.9 Å². The molecule has 1 fully saturated rings. The molecule has 4 rings (SSSR count). The van der Waals surface area contributed by atoms with Crippen molar-refractivity contribution in [2.75, 3.05) is 33.6 Å². The zero-order chi connectivity index (χ0) is 20.8. The Labute approximate surface area is 174 Å². The van der Waals surface area contributed by atoms with E-state index in [4.69, 9.17) is 14.2 Å². The van der Waals surface area contributed by atoms with Crippen LogP contribution >= 0.6 is 11.8 Å². The van der Waals surface area contributed by atoms with E-state index in [0.717, 1.165) is 21.8 Å². The molecule has 0 radical (unpaired) electrons. The summed E-state index contributed by atoms with van der Waals surface area (Å²) in [6.07, 6.45) is 6.67. The number of allylic oxidation sites excluding steroid dienone is 1. The summed E-state index contributed by atoms with van der Waals surface area (Å²) < 4.78 is 16.3. The Morgan fingerprint density at radius 2 is 1.93 bits per heavy atom. The lowest BCUT2D eigenvalue weighted by Crippen LogP contribution is -2.57. The molecule has 1 saturated heterocycles. The van der Waals surface area contributed by atoms with Gasteiger partial charge >= 0.3 is 5.97 Å². The van der Waals surface area contributed by atoms with Gasteiger partial charge in [-0.05, 0) is 41.5 Å². The normalized spacial score (nSPS) is 27.0. The summed E-state index contributed by atoms with van der Waals surface area (Å²) >= 11 is 1.69. The van der Waals surface area contributed by atoms with Crippen LogP contribution in [0.4, 0.5) is 0 Å². The van der Waals surface area contributed by atoms with Crippen molar-refractivity contribution in [1.29, 1.82) is 0 Å². The van der Waals surface area contributed by atoms with Gasteiger partial charge in [0.25, 0.3) is 0 Å². The average Bonchev–Trinajstić information content (AvgIpc) is 3.01. The first kappa shape index (κ1) is 19.9. The fourth-order valence-electron chi connectivity index (χ4n) is 4.99. The fraction of sp³-hybridized carbons (Fsp3) is 0.455. The third-order valence-electron chi connectivity index (χ3n) is 6.21. The maximum Gasteiger partial charge on any atom is 0.319 e. The van der Waals surface area contributed by atoms with Crippen molar-refractivity contribution >= 4 is 23.6 Å². The van der Waals surface area contributed by atoms with Crippen LogP contribution in [0.1, 0.15) is 24.5 Å². The molecule has 2 aliphatic heterocycles. The maximum atomic E-state index is 13.2. The molecule has 1 aromatic rings. The molecule has 1 aromatic carbocycles. The van der Waals surface area contributed by atoms with Crippen LogP contribution < -0.4 is 9.47 Å². The molecule has 0 aromatic heterocycles. The lowest BCUT2D eigenvalue weighted by Gasteiger charge is -2.50. The molecular weight excluding hydrogens is 390 g/mol. The molecule has 1 aliphatic carbocycles. The van der Waals surface area contributed by atoms with Crippen LogP contribution in [-0.2, 0) is 26.3 Å². The number of thioether (sulfide) groups is 1. The number of carbonyl (C=O) groups is 2. The molecule has 1 amide bonds. The van der Waals surface area contributed by atoms with Gasteiger partial charge in [0.2, 0.25) is 5.91 Å². The second-order valence-corrected chi connectivity index (χ2v) is 8.72. The number of ether oxygens (including phenoxy) is 3. The Morgan fingerprint density at radius 3 is 2.59 bits per heavy atom. The van der Waals surface area contributed by atoms with E-state index in [2.05, 4.69) is 13.0 Å². The molecule has 1 spiro atoms. The minimum atomic E-state index is -1.11. The Morgan fingerprint density at radius 1 is 1.21 bits per heavy atom. The number of hydrogen-bond acceptors (Lipinski definition) is 6. The van der Waals surface area contributed by atoms with E-state index in [0.29, 0.717) is 24.5 Å². The zero-order valence-electron chi connectivity index (χ0n) is 17.1. The number of fused-ring (bicyclic) bond motifs is 1. The molecule has 0 bridgehead atoms. The summed E-state index contributed by atoms with van der Waals surface area (Å²) in [6, 6.07) is 3.88. The number of methoxy groups -OCH3 is 3. The van der Waals surface area contributed by atoms with Gasteiger partial charge in [-0.25, -0.2) is 0 Å². The van der Waals surface area contributed by atoms with E-state index in [1.165, 1.54) is 7.11 Å². The second-order valence-electron chi connectivity index (χ2n) is 7.38. The first-order valence-corrected chi connectivity index (χ1v) is 10.6. The standard InChI is InChI=1S/C22H25NO5S/c1-5-29-15-6-8-21(20(25)28-4)13-19(24)23-9-7-14-10-17(26-2)18(27-3)11-16(14)22(21,23)12-15/h6,8,10-12H,5,7,9,13H2,1-4H3/t21-,22+/m0/s1. The molecule has 29 heavy (non-hydrogen) atoms. The summed E-state index contributed by atoms with van der Waals surface area (Å²) in [5.41, 5.74) is -0.0902. The third-order valence-corrected chi connectivity index (χ3v) is 7.08. The summed E-state index contributed by atoms with van der Waals surface area (Å²) in [5.74, 6) is 1.67. The molecule has 0 saturated carbocycles. The Bertz CT molecular complexity index is 939. The SMILES string of the molecule is CCSC1=C[C@]23c4cc(OC)c(OC)cc4CCN2C(=O)C[C@]3(C(=O)OC)C=C1. The van der Waals surface area contributed by atoms with E-state index in [1.54, 1.807) is 26.0 Å². The summed E-state index contributed by atoms with van der Waals surface area (Å²) in [6.45, 7) is 2.62. The van der Waals surface area contributed by atoms with Crippen molar-refractivity contribution in [2.24, 2.45) is 5.41 Å². The number of rotatable bonds is 5. The van der Waals surface area contributed by atoms with Crippen molar-refractivity contribution < 1.29 is 23.8 Å². The van der Waals surface area contributed by atoms with E-state index < -0.39 is 16.9 Å². The van der Waals surface area contributed by atoms with Crippen LogP contribution in [0, 0.1) is 5.41 Å². The average molecular weight is 416 g/mol. The quantitative estimate of drug-likeness (QED) is 0.689. The van der Waals surface area contributed by atoms with Crippen LogP contribution in [0.5, 0.6) is 11.5 Å². The van der Waals surface area contributed by atoms with Gasteiger partial charge in [0.15, 0.2) is 11.5 Å². The van der Waals surface area contributed by atoms with Crippen LogP contribution in [0.3, 0.4) is 0 Å². The Balaban J connectivity index is 2.05. The molecule has 0 unspecified atom stereocenters. The van der Waals surface area contributed by atoms with Crippen LogP contribution in [0.25, 0.3) is 0 Å². The monoisotopic (exact) mass is 415 g/mol. The minimum Gasteiger partial charge on any atom is -0.493 e. The van der Waals surface area contributed by atoms with Crippen molar-refractivity contribution in [3.05, 3.63) is 46.4 Å². The van der Waals surface area contributed by atoms with Gasteiger partial charge in [-0.2, -0.15) is 0 Å². The van der Waals surface area contributed by atoms with Crippen molar-refractivity contribution in [3.63, 3.8) is 0 Å². The van der Waals surface area contributed by atoms with Gasteiger partial charge in [0.1, 0.15) is 11.0 Å². The van der Waals surface area contributed by atoms with E-state index in [-0.39, 0.29) is 12.3 Å². The van der Waals surface area contributed by atoms with Gasteiger partial charge in [0.05, 0.1) is 21.3 Å². The molecule has 2 atom stereocenters. The number of carbonyl (C=O) groups excluding carboxylic acids is 2. The number of hydrogen-bond donors (Lipinski definition) is 0. The van der Waals surface area contributed by atoms with Gasteiger partial charge in [-0.1, -0.05) is 19.1 Å². The number of amides is 1. The minimum absolute atomic E-state index is 0.0421. The van der Waals surface area contributed by atoms with Gasteiger partial charge in [-0.15, -0.1) is 11.8 Å². The van der Waals surface area contributed by atoms with Crippen molar-refractivity contribution in [2.45, 2.75) is 25.3 Å². The van der Waals surface area contributed by atoms with E-state index >= 15 is 0 Å². The zero-order valence-corrected chi connectivity index (χ0v) is 17.9. The predicted molar refractivity (Wildman–Crippen MR) is 111 cm³/mol. The summed E-state index contributed by atoms with van der Waals surface area (Å²) in [7, 11) is 4.57. The first-order valence-electron chi connectivity index (χ1n) is 9.66. The molecule has 7 heteroatoms. The lowest BCUT2D eigenvalue weighted by atomic mass is 9.62. The molecular formula is C22H25NO5S. The van der Waals surface area contributed by atoms with Gasteiger partial charge in [-0.3, -0.25) is 9.59 Å². The maximum absolute atomic E-state index is 13.2. The largest absolute Gasteiger partial charge is 0.493 e. The molecule has 154 valence electrons. The number of nitrogens with zero attached hydrogens (tertiary/aromatic N) is 1. The molecule has 6 nitrogen and oxygen atoms in total. The summed E-state index contributed by atoms with van der Waals surface area (Å²) in [5, 5.41) is 0.